The van der Waals surface area contributed by atoms with Crippen LogP contribution in [0.4, 0.5) is 4.39 Å². The highest BCUT2D eigenvalue weighted by atomic mass is 19.1. The first-order valence-electron chi connectivity index (χ1n) is 5.14. The largest absolute Gasteiger partial charge is 0.382 e. The van der Waals surface area contributed by atoms with Gasteiger partial charge in [-0.3, -0.25) is 4.98 Å². The van der Waals surface area contributed by atoms with Crippen LogP contribution in [-0.4, -0.2) is 25.2 Å². The van der Waals surface area contributed by atoms with Crippen LogP contribution in [0.15, 0.2) is 18.5 Å². The maximum absolute atomic E-state index is 13.4. The monoisotopic (exact) mass is 212 g/mol. The highest BCUT2D eigenvalue weighted by Gasteiger charge is 2.13. The van der Waals surface area contributed by atoms with E-state index in [1.165, 1.54) is 6.20 Å². The highest BCUT2D eigenvalue weighted by Crippen LogP contribution is 2.18. The summed E-state index contributed by atoms with van der Waals surface area (Å²) in [6.45, 7) is 3.26. The molecule has 0 saturated heterocycles. The summed E-state index contributed by atoms with van der Waals surface area (Å²) in [4.78, 5) is 3.72. The van der Waals surface area contributed by atoms with E-state index < -0.39 is 0 Å². The molecule has 1 N–H and O–H groups in total. The fourth-order valence-electron chi connectivity index (χ4n) is 1.47. The number of hydrogen-bond acceptors (Lipinski definition) is 3. The molecule has 0 aromatic carbocycles. The van der Waals surface area contributed by atoms with Gasteiger partial charge in [-0.25, -0.2) is 4.39 Å². The van der Waals surface area contributed by atoms with Gasteiger partial charge in [-0.1, -0.05) is 0 Å². The van der Waals surface area contributed by atoms with Crippen molar-refractivity contribution >= 4 is 0 Å². The average Bonchev–Trinajstić information content (AvgIpc) is 2.26. The Labute approximate surface area is 89.7 Å². The maximum Gasteiger partial charge on any atom is 0.146 e. The van der Waals surface area contributed by atoms with Crippen LogP contribution in [-0.2, 0) is 4.74 Å². The molecule has 1 rings (SSSR count). The van der Waals surface area contributed by atoms with Gasteiger partial charge in [-0.05, 0) is 26.5 Å². The minimum Gasteiger partial charge on any atom is -0.382 e. The molecule has 0 fully saturated rings. The molecule has 0 aliphatic rings. The Morgan fingerprint density at radius 1 is 1.60 bits per heavy atom. The van der Waals surface area contributed by atoms with Gasteiger partial charge in [0.25, 0.3) is 0 Å². The van der Waals surface area contributed by atoms with Crippen molar-refractivity contribution in [3.05, 3.63) is 29.8 Å². The Morgan fingerprint density at radius 2 is 2.40 bits per heavy atom. The standard InChI is InChI=1S/C11H17FN2O/c1-3-15-7-5-11(13-2)9-4-6-14-8-10(9)12/h4,6,8,11,13H,3,5,7H2,1-2H3. The highest BCUT2D eigenvalue weighted by molar-refractivity contribution is 5.17. The summed E-state index contributed by atoms with van der Waals surface area (Å²) in [5.74, 6) is -0.270. The second kappa shape index (κ2) is 6.48. The van der Waals surface area contributed by atoms with Crippen molar-refractivity contribution in [1.29, 1.82) is 0 Å². The van der Waals surface area contributed by atoms with Gasteiger partial charge in [0.2, 0.25) is 0 Å². The van der Waals surface area contributed by atoms with E-state index in [-0.39, 0.29) is 11.9 Å². The zero-order valence-corrected chi connectivity index (χ0v) is 9.16. The minimum atomic E-state index is -0.270. The third kappa shape index (κ3) is 3.57. The van der Waals surface area contributed by atoms with Crippen molar-refractivity contribution in [3.8, 4) is 0 Å². The van der Waals surface area contributed by atoms with E-state index in [1.807, 2.05) is 14.0 Å². The van der Waals surface area contributed by atoms with E-state index in [2.05, 4.69) is 10.3 Å². The molecule has 0 amide bonds. The molecule has 84 valence electrons. The Hall–Kier alpha value is -1.00. The van der Waals surface area contributed by atoms with Gasteiger partial charge in [0.15, 0.2) is 0 Å². The summed E-state index contributed by atoms with van der Waals surface area (Å²) in [6.07, 6.45) is 3.59. The molecule has 0 aliphatic heterocycles. The zero-order valence-electron chi connectivity index (χ0n) is 9.16. The predicted molar refractivity (Wildman–Crippen MR) is 57.1 cm³/mol. The normalized spacial score (nSPS) is 12.7. The number of rotatable bonds is 6. The quantitative estimate of drug-likeness (QED) is 0.731. The SMILES string of the molecule is CCOCCC(NC)c1ccncc1F. The third-order valence-corrected chi connectivity index (χ3v) is 2.28. The van der Waals surface area contributed by atoms with Crippen LogP contribution in [0.1, 0.15) is 24.9 Å². The van der Waals surface area contributed by atoms with Crippen LogP contribution in [0.2, 0.25) is 0 Å². The molecule has 0 aliphatic carbocycles. The van der Waals surface area contributed by atoms with Crippen molar-refractivity contribution in [2.75, 3.05) is 20.3 Å². The van der Waals surface area contributed by atoms with Crippen LogP contribution in [0.5, 0.6) is 0 Å². The molecular formula is C11H17FN2O. The van der Waals surface area contributed by atoms with Gasteiger partial charge in [0, 0.05) is 31.0 Å². The summed E-state index contributed by atoms with van der Waals surface area (Å²) in [5.41, 5.74) is 0.646. The van der Waals surface area contributed by atoms with E-state index in [9.17, 15) is 4.39 Å². The van der Waals surface area contributed by atoms with Gasteiger partial charge < -0.3 is 10.1 Å². The van der Waals surface area contributed by atoms with Crippen molar-refractivity contribution in [3.63, 3.8) is 0 Å². The smallest absolute Gasteiger partial charge is 0.146 e. The zero-order chi connectivity index (χ0) is 11.1. The van der Waals surface area contributed by atoms with Crippen LogP contribution >= 0.6 is 0 Å². The number of halogens is 1. The Bertz CT molecular complexity index is 294. The molecule has 4 heteroatoms. The molecule has 3 nitrogen and oxygen atoms in total. The molecule has 1 aromatic heterocycles. The molecule has 15 heavy (non-hydrogen) atoms. The first-order chi connectivity index (χ1) is 7.29. The van der Waals surface area contributed by atoms with E-state index in [0.29, 0.717) is 18.8 Å². The first kappa shape index (κ1) is 12.1. The fraction of sp³-hybridized carbons (Fsp3) is 0.545. The van der Waals surface area contributed by atoms with Crippen LogP contribution in [0.25, 0.3) is 0 Å². The van der Waals surface area contributed by atoms with E-state index >= 15 is 0 Å². The minimum absolute atomic E-state index is 0.0143. The molecule has 1 heterocycles. The average molecular weight is 212 g/mol. The molecule has 1 unspecified atom stereocenters. The summed E-state index contributed by atoms with van der Waals surface area (Å²) in [7, 11) is 1.82. The van der Waals surface area contributed by atoms with E-state index in [1.54, 1.807) is 12.3 Å². The molecule has 1 aromatic rings. The van der Waals surface area contributed by atoms with Crippen molar-refractivity contribution in [2.45, 2.75) is 19.4 Å². The fourth-order valence-corrected chi connectivity index (χ4v) is 1.47. The van der Waals surface area contributed by atoms with E-state index in [4.69, 9.17) is 4.74 Å². The molecule has 0 bridgehead atoms. The molecule has 0 spiro atoms. The Kier molecular flexibility index (Phi) is 5.21. The third-order valence-electron chi connectivity index (χ3n) is 2.28. The second-order valence-electron chi connectivity index (χ2n) is 3.22. The van der Waals surface area contributed by atoms with Crippen LogP contribution in [0.3, 0.4) is 0 Å². The van der Waals surface area contributed by atoms with Crippen LogP contribution < -0.4 is 5.32 Å². The summed E-state index contributed by atoms with van der Waals surface area (Å²) in [5, 5.41) is 3.07. The van der Waals surface area contributed by atoms with Crippen molar-refractivity contribution in [2.24, 2.45) is 0 Å². The Morgan fingerprint density at radius 3 is 3.00 bits per heavy atom. The molecular weight excluding hydrogens is 195 g/mol. The molecule has 1 atom stereocenters. The van der Waals surface area contributed by atoms with Crippen LogP contribution in [0, 0.1) is 5.82 Å². The first-order valence-corrected chi connectivity index (χ1v) is 5.14. The number of aromatic nitrogens is 1. The second-order valence-corrected chi connectivity index (χ2v) is 3.22. The van der Waals surface area contributed by atoms with Gasteiger partial charge in [0.05, 0.1) is 6.20 Å². The summed E-state index contributed by atoms with van der Waals surface area (Å²) >= 11 is 0. The van der Waals surface area contributed by atoms with Gasteiger partial charge in [-0.2, -0.15) is 0 Å². The van der Waals surface area contributed by atoms with Gasteiger partial charge in [0.1, 0.15) is 5.82 Å². The Balaban J connectivity index is 2.61. The van der Waals surface area contributed by atoms with E-state index in [0.717, 1.165) is 6.42 Å². The van der Waals surface area contributed by atoms with Crippen molar-refractivity contribution < 1.29 is 9.13 Å². The lowest BCUT2D eigenvalue weighted by Gasteiger charge is -2.16. The molecule has 0 saturated carbocycles. The number of pyridine rings is 1. The predicted octanol–water partition coefficient (Wildman–Crippen LogP) is 1.91. The maximum atomic E-state index is 13.4. The van der Waals surface area contributed by atoms with Gasteiger partial charge >= 0.3 is 0 Å². The lowest BCUT2D eigenvalue weighted by molar-refractivity contribution is 0.137. The lowest BCUT2D eigenvalue weighted by Crippen LogP contribution is -2.19. The topological polar surface area (TPSA) is 34.1 Å². The summed E-state index contributed by atoms with van der Waals surface area (Å²) in [6, 6.07) is 1.68. The lowest BCUT2D eigenvalue weighted by atomic mass is 10.1. The number of nitrogens with one attached hydrogen (secondary N) is 1. The van der Waals surface area contributed by atoms with Crippen molar-refractivity contribution in [1.82, 2.24) is 10.3 Å². The number of hydrogen-bond donors (Lipinski definition) is 1. The molecule has 0 radical (unpaired) electrons. The summed E-state index contributed by atoms with van der Waals surface area (Å²) < 4.78 is 18.6. The number of nitrogens with zero attached hydrogens (tertiary/aromatic N) is 1. The number of ether oxygens (including phenoxy) is 1. The van der Waals surface area contributed by atoms with Gasteiger partial charge in [-0.15, -0.1) is 0 Å².